The minimum absolute atomic E-state index is 0. The van der Waals surface area contributed by atoms with Crippen LogP contribution in [0.5, 0.6) is 0 Å². The quantitative estimate of drug-likeness (QED) is 0.271. The molecule has 0 aliphatic carbocycles. The van der Waals surface area contributed by atoms with Crippen molar-refractivity contribution in [1.82, 2.24) is 30.8 Å². The molecule has 22 N–H and O–H groups in total. The van der Waals surface area contributed by atoms with E-state index in [2.05, 4.69) is 0 Å². The summed E-state index contributed by atoms with van der Waals surface area (Å²) in [5, 5.41) is 19.3. The average Bonchev–Trinajstić information content (AvgIpc) is 1.80. The van der Waals surface area contributed by atoms with Gasteiger partial charge in [0.15, 0.2) is 0 Å². The van der Waals surface area contributed by atoms with Gasteiger partial charge in [0.05, 0.1) is 5.97 Å². The van der Waals surface area contributed by atoms with Crippen LogP contribution in [0.1, 0.15) is 6.42 Å². The monoisotopic (exact) mass is 316 g/mol. The zero-order valence-electron chi connectivity index (χ0n) is 11.6. The normalized spacial score (nSPS) is 9.05. The number of carbonyl (C=O) groups excluding carboxylic acids is 2. The Morgan fingerprint density at radius 1 is 0.947 bits per heavy atom. The molecule has 0 aromatic rings. The van der Waals surface area contributed by atoms with E-state index in [9.17, 15) is 19.8 Å². The van der Waals surface area contributed by atoms with Crippen molar-refractivity contribution in [1.29, 1.82) is 0 Å². The molecule has 19 heavy (non-hydrogen) atoms. The first-order valence-electron chi connectivity index (χ1n) is 2.93. The van der Waals surface area contributed by atoms with Gasteiger partial charge in [0, 0.05) is 18.4 Å². The van der Waals surface area contributed by atoms with Gasteiger partial charge in [0.25, 0.3) is 0 Å². The highest BCUT2D eigenvalue weighted by Crippen LogP contribution is 2.03. The van der Waals surface area contributed by atoms with E-state index >= 15 is 0 Å². The van der Waals surface area contributed by atoms with Crippen LogP contribution >= 0.6 is 7.82 Å². The van der Waals surface area contributed by atoms with E-state index in [1.54, 1.807) is 0 Å². The molecule has 14 nitrogen and oxygen atoms in total. The number of aliphatic carboxylic acids is 2. The fraction of sp³-hybridized carbons (Fsp3) is 0.500. The van der Waals surface area contributed by atoms with E-state index in [1.807, 2.05) is 0 Å². The second-order valence-corrected chi connectivity index (χ2v) is 2.84. The van der Waals surface area contributed by atoms with Gasteiger partial charge in [-0.2, -0.15) is 7.82 Å². The fourth-order valence-electron chi connectivity index (χ4n) is 0.263. The maximum atomic E-state index is 9.71. The molecule has 15 heteroatoms. The predicted octanol–water partition coefficient (Wildman–Crippen LogP) is -4.74. The summed E-state index contributed by atoms with van der Waals surface area (Å²) in [6.45, 7) is 0. The Balaban J connectivity index is -0.0000000261. The number of phosphoric acid groups is 1. The van der Waals surface area contributed by atoms with Crippen molar-refractivity contribution in [3.8, 4) is 0 Å². The summed E-state index contributed by atoms with van der Waals surface area (Å²) < 4.78 is 8.55. The topological polar surface area (TPSA) is 375 Å². The van der Waals surface area contributed by atoms with Crippen LogP contribution in [0.25, 0.3) is 0 Å². The first-order valence-corrected chi connectivity index (χ1v) is 4.39. The Morgan fingerprint density at radius 2 is 1.16 bits per heavy atom. The molecule has 0 saturated heterocycles. The molecule has 0 radical (unpaired) electrons. The van der Waals surface area contributed by atoms with Crippen molar-refractivity contribution in [2.75, 3.05) is 0 Å². The van der Waals surface area contributed by atoms with Crippen molar-refractivity contribution in [3.05, 3.63) is 0 Å². The molecule has 0 aliphatic rings. The van der Waals surface area contributed by atoms with E-state index in [1.165, 1.54) is 0 Å². The van der Waals surface area contributed by atoms with Gasteiger partial charge in [0.1, 0.15) is 0 Å². The number of quaternary nitrogens is 5. The molecule has 0 fully saturated rings. The molecule has 0 aliphatic heterocycles. The Labute approximate surface area is 109 Å². The standard InChI is InChI=1S/C4H7NO4.5H3N.H3O4P/c5-2(4(8)9)1-3(6)7;;;;;;1-5(2,3)4/h2H,1,5H2,(H,6,7)(H,8,9);5*1H3;(H3,1,2,3,4)/t2-;;;;;;/m0....../s1. The van der Waals surface area contributed by atoms with Gasteiger partial charge in [-0.25, -0.2) is 0 Å². The largest absolute Gasteiger partial charge is 0.822 e. The van der Waals surface area contributed by atoms with Crippen LogP contribution in [0, 0.1) is 0 Å². The van der Waals surface area contributed by atoms with Crippen LogP contribution in [0.4, 0.5) is 0 Å². The number of carbonyl (C=O) groups is 2. The van der Waals surface area contributed by atoms with Gasteiger partial charge in [-0.15, -0.1) is 0 Å². The minimum Gasteiger partial charge on any atom is -0.822 e. The molecule has 0 bridgehead atoms. The Hall–Kier alpha value is -1.19. The van der Waals surface area contributed by atoms with Crippen molar-refractivity contribution in [2.45, 2.75) is 12.5 Å². The second kappa shape index (κ2) is 19.2. The molecule has 0 amide bonds. The maximum Gasteiger partial charge on any atom is 0.0586 e. The smallest absolute Gasteiger partial charge is 0.0586 e. The van der Waals surface area contributed by atoms with E-state index in [0.717, 1.165) is 0 Å². The lowest BCUT2D eigenvalue weighted by Gasteiger charge is -2.36. The zero-order valence-corrected chi connectivity index (χ0v) is 12.5. The first kappa shape index (κ1) is 43.1. The lowest BCUT2D eigenvalue weighted by atomic mass is 10.2. The zero-order chi connectivity index (χ0) is 11.9. The number of hydrogen-bond donors (Lipinski definition) is 6. The lowest BCUT2D eigenvalue weighted by molar-refractivity contribution is -0.432. The molecule has 1 atom stereocenters. The minimum atomic E-state index is -5.39. The maximum absolute atomic E-state index is 9.71. The Kier molecular flexibility index (Phi) is 43.4. The molecular weight excluding hydrogens is 291 g/mol. The molecule has 0 heterocycles. The summed E-state index contributed by atoms with van der Waals surface area (Å²) in [5.41, 5.74) is 4.73. The van der Waals surface area contributed by atoms with Crippen LogP contribution in [-0.4, -0.2) is 18.0 Å². The van der Waals surface area contributed by atoms with Gasteiger partial charge in [0.2, 0.25) is 0 Å². The van der Waals surface area contributed by atoms with E-state index in [4.69, 9.17) is 25.0 Å². The molecule has 0 rings (SSSR count). The highest BCUT2D eigenvalue weighted by molar-refractivity contribution is 7.40. The number of hydrogen-bond acceptors (Lipinski definition) is 9. The Bertz CT molecular complexity index is 249. The lowest BCUT2D eigenvalue weighted by Crippen LogP contribution is -2.45. The SMILES string of the molecule is N[C@@H](CC(=O)[O-])C(=O)[O-].O=P([O-])([O-])[O-].[NH4+].[NH4+].[NH4+].[NH4+].[NH4+]. The third kappa shape index (κ3) is 79.5. The highest BCUT2D eigenvalue weighted by Gasteiger charge is 2.01. The summed E-state index contributed by atoms with van der Waals surface area (Å²) in [6, 6.07) is -1.46. The number of rotatable bonds is 3. The third-order valence-corrected chi connectivity index (χ3v) is 0.689. The summed E-state index contributed by atoms with van der Waals surface area (Å²) in [6.07, 6.45) is -0.706. The summed E-state index contributed by atoms with van der Waals surface area (Å²) in [4.78, 5) is 45.0. The molecule has 0 aromatic carbocycles. The van der Waals surface area contributed by atoms with Crippen LogP contribution in [0.3, 0.4) is 0 Å². The number of carboxylic acid groups (broad SMARTS) is 2. The average molecular weight is 316 g/mol. The Morgan fingerprint density at radius 3 is 1.21 bits per heavy atom. The van der Waals surface area contributed by atoms with Gasteiger partial charge >= 0.3 is 0 Å². The molecule has 0 spiro atoms. The van der Waals surface area contributed by atoms with Crippen LogP contribution in [0.2, 0.25) is 0 Å². The molecular formula is C4H25N6O8P. The van der Waals surface area contributed by atoms with Gasteiger partial charge in [-0.05, 0) is 0 Å². The number of nitrogens with two attached hydrogens (primary N) is 1. The number of carboxylic acids is 2. The first-order chi connectivity index (χ1) is 6.04. The molecule has 0 aromatic heterocycles. The van der Waals surface area contributed by atoms with Crippen molar-refractivity contribution >= 4 is 19.8 Å². The fourth-order valence-corrected chi connectivity index (χ4v) is 0.263. The van der Waals surface area contributed by atoms with Gasteiger partial charge in [-0.3, -0.25) is 0 Å². The van der Waals surface area contributed by atoms with E-state index < -0.39 is 32.2 Å². The van der Waals surface area contributed by atoms with Crippen LogP contribution in [-0.2, 0) is 14.2 Å². The van der Waals surface area contributed by atoms with Crippen LogP contribution < -0.4 is 61.4 Å². The molecule has 0 saturated carbocycles. The summed E-state index contributed by atoms with van der Waals surface area (Å²) >= 11 is 0. The van der Waals surface area contributed by atoms with E-state index in [-0.39, 0.29) is 30.8 Å². The van der Waals surface area contributed by atoms with Crippen LogP contribution in [0.15, 0.2) is 0 Å². The highest BCUT2D eigenvalue weighted by atomic mass is 31.2. The summed E-state index contributed by atoms with van der Waals surface area (Å²) in [5.74, 6) is -3.08. The van der Waals surface area contributed by atoms with Crippen molar-refractivity contribution in [3.63, 3.8) is 0 Å². The summed E-state index contributed by atoms with van der Waals surface area (Å²) in [7, 11) is -5.39. The van der Waals surface area contributed by atoms with Gasteiger partial charge in [-0.1, -0.05) is 0 Å². The van der Waals surface area contributed by atoms with Gasteiger partial charge < -0.3 is 75.5 Å². The van der Waals surface area contributed by atoms with E-state index in [0.29, 0.717) is 0 Å². The predicted molar refractivity (Wildman–Crippen MR) is 60.1 cm³/mol. The molecule has 124 valence electrons. The third-order valence-electron chi connectivity index (χ3n) is 0.689. The molecule has 0 unspecified atom stereocenters. The second-order valence-electron chi connectivity index (χ2n) is 1.95. The van der Waals surface area contributed by atoms with Crippen molar-refractivity contribution in [2.24, 2.45) is 5.73 Å². The van der Waals surface area contributed by atoms with Crippen molar-refractivity contribution < 1.29 is 39.0 Å².